The number of hydrogen-bond acceptors (Lipinski definition) is 9. The van der Waals surface area contributed by atoms with E-state index in [-0.39, 0.29) is 57.3 Å². The summed E-state index contributed by atoms with van der Waals surface area (Å²) in [6.45, 7) is 0.575. The molecule has 0 bridgehead atoms. The number of ether oxygens (including phenoxy) is 4. The average Bonchev–Trinajstić information content (AvgIpc) is 3.24. The summed E-state index contributed by atoms with van der Waals surface area (Å²) >= 11 is 0. The van der Waals surface area contributed by atoms with Crippen LogP contribution < -0.4 is 20.7 Å². The van der Waals surface area contributed by atoms with Crippen LogP contribution in [0.1, 0.15) is 47.1 Å². The third kappa shape index (κ3) is 14.7. The Labute approximate surface area is 332 Å². The molecule has 12 heteroatoms. The lowest BCUT2D eigenvalue weighted by Gasteiger charge is -2.23. The molecule has 0 aliphatic heterocycles. The van der Waals surface area contributed by atoms with E-state index >= 15 is 0 Å². The summed E-state index contributed by atoms with van der Waals surface area (Å²) in [6, 6.07) is 39.4. The number of esters is 1. The van der Waals surface area contributed by atoms with E-state index in [0.29, 0.717) is 18.4 Å². The fourth-order valence-electron chi connectivity index (χ4n) is 5.68. The average molecular weight is 774 g/mol. The van der Waals surface area contributed by atoms with Crippen LogP contribution >= 0.6 is 0 Å². The minimum absolute atomic E-state index is 0.00634. The van der Waals surface area contributed by atoms with Gasteiger partial charge in [-0.1, -0.05) is 127 Å². The summed E-state index contributed by atoms with van der Waals surface area (Å²) in [6.07, 6.45) is -0.349. The molecule has 0 saturated carbocycles. The zero-order valence-electron chi connectivity index (χ0n) is 31.5. The van der Waals surface area contributed by atoms with Gasteiger partial charge in [0.1, 0.15) is 38.5 Å². The summed E-state index contributed by atoms with van der Waals surface area (Å²) in [5.74, 6) is -1.21. The van der Waals surface area contributed by atoms with Gasteiger partial charge in [0.15, 0.2) is 11.5 Å². The van der Waals surface area contributed by atoms with E-state index in [2.05, 4.69) is 16.0 Å². The van der Waals surface area contributed by atoms with Crippen molar-refractivity contribution in [2.75, 3.05) is 6.54 Å². The van der Waals surface area contributed by atoms with Crippen LogP contribution in [0.25, 0.3) is 0 Å². The number of rotatable bonds is 20. The van der Waals surface area contributed by atoms with Crippen LogP contribution in [0.3, 0.4) is 0 Å². The van der Waals surface area contributed by atoms with Gasteiger partial charge in [0.05, 0.1) is 0 Å². The number of hydrogen-bond donors (Lipinski definition) is 4. The number of nitrogens with one attached hydrogen (secondary N) is 3. The fraction of sp³-hybridized carbons (Fsp3) is 0.244. The monoisotopic (exact) mass is 773 g/mol. The maximum absolute atomic E-state index is 14.0. The molecule has 5 aromatic carbocycles. The first-order valence-electron chi connectivity index (χ1n) is 18.7. The number of aromatic hydroxyl groups is 1. The molecule has 2 atom stereocenters. The third-order valence-corrected chi connectivity index (χ3v) is 8.75. The van der Waals surface area contributed by atoms with Gasteiger partial charge in [0.25, 0.3) is 0 Å². The normalized spacial score (nSPS) is 11.6. The van der Waals surface area contributed by atoms with Gasteiger partial charge in [-0.15, -0.1) is 0 Å². The number of benzene rings is 5. The van der Waals surface area contributed by atoms with Crippen LogP contribution in [0, 0.1) is 0 Å². The molecule has 57 heavy (non-hydrogen) atoms. The van der Waals surface area contributed by atoms with Gasteiger partial charge in [-0.3, -0.25) is 4.79 Å². The molecule has 0 heterocycles. The third-order valence-electron chi connectivity index (χ3n) is 8.75. The van der Waals surface area contributed by atoms with E-state index in [9.17, 15) is 24.3 Å². The number of carbonyl (C=O) groups excluding carboxylic acids is 4. The Balaban J connectivity index is 1.25. The van der Waals surface area contributed by atoms with E-state index in [0.717, 1.165) is 22.3 Å². The second-order valence-corrected chi connectivity index (χ2v) is 13.2. The molecular weight excluding hydrogens is 727 g/mol. The summed E-state index contributed by atoms with van der Waals surface area (Å²) in [7, 11) is 0. The quantitative estimate of drug-likeness (QED) is 0.0366. The lowest BCUT2D eigenvalue weighted by molar-refractivity contribution is -0.149. The molecule has 4 N–H and O–H groups in total. The van der Waals surface area contributed by atoms with Gasteiger partial charge in [0.2, 0.25) is 5.91 Å². The van der Waals surface area contributed by atoms with Crippen molar-refractivity contribution in [3.05, 3.63) is 167 Å². The number of phenolic OH excluding ortho intramolecular Hbond substituents is 1. The molecule has 3 amide bonds. The molecule has 0 aliphatic rings. The highest BCUT2D eigenvalue weighted by molar-refractivity contribution is 5.90. The molecule has 0 aliphatic carbocycles. The largest absolute Gasteiger partial charge is 0.504 e. The Morgan fingerprint density at radius 3 is 1.60 bits per heavy atom. The summed E-state index contributed by atoms with van der Waals surface area (Å²) in [4.78, 5) is 52.9. The highest BCUT2D eigenvalue weighted by atomic mass is 16.6. The Morgan fingerprint density at radius 1 is 0.526 bits per heavy atom. The topological polar surface area (TPSA) is 162 Å². The van der Waals surface area contributed by atoms with E-state index < -0.39 is 36.1 Å². The molecule has 0 unspecified atom stereocenters. The predicted octanol–water partition coefficient (Wildman–Crippen LogP) is 7.13. The lowest BCUT2D eigenvalue weighted by Crippen LogP contribution is -2.52. The highest BCUT2D eigenvalue weighted by Gasteiger charge is 2.29. The second-order valence-electron chi connectivity index (χ2n) is 13.2. The second kappa shape index (κ2) is 22.5. The molecule has 296 valence electrons. The maximum Gasteiger partial charge on any atom is 0.408 e. The summed E-state index contributed by atoms with van der Waals surface area (Å²) in [5.41, 5.74) is 3.85. The van der Waals surface area contributed by atoms with Crippen LogP contribution in [0.15, 0.2) is 140 Å². The standard InChI is InChI=1S/C45H47N3O9/c49-40-25-24-37(28-41(40)54-29-33-15-5-1-6-16-33)27-39(48-45(53)57-32-36-21-11-4-12-22-36)42(50)47-38(43(51)55-30-34-17-7-2-8-18-34)23-13-14-26-46-44(52)56-31-35-19-9-3-10-20-35/h1-12,15-22,24-25,28,38-39,49H,13-14,23,26-27,29-32H2,(H,46,52)(H,47,50)(H,48,53)/t38-,39-/m0/s1. The molecular formula is C45H47N3O9. The summed E-state index contributed by atoms with van der Waals surface area (Å²) < 4.78 is 22.2. The number of carbonyl (C=O) groups is 4. The lowest BCUT2D eigenvalue weighted by atomic mass is 10.0. The molecule has 0 saturated heterocycles. The van der Waals surface area contributed by atoms with Gasteiger partial charge in [0, 0.05) is 13.0 Å². The summed E-state index contributed by atoms with van der Waals surface area (Å²) in [5, 5.41) is 18.7. The minimum Gasteiger partial charge on any atom is -0.504 e. The maximum atomic E-state index is 14.0. The Hall–Kier alpha value is -6.82. The van der Waals surface area contributed by atoms with E-state index in [4.69, 9.17) is 18.9 Å². The van der Waals surface area contributed by atoms with Crippen LogP contribution in [-0.2, 0) is 56.6 Å². The van der Waals surface area contributed by atoms with Crippen molar-refractivity contribution < 1.29 is 43.2 Å². The highest BCUT2D eigenvalue weighted by Crippen LogP contribution is 2.28. The first kappa shape index (κ1) is 41.3. The van der Waals surface area contributed by atoms with Crippen molar-refractivity contribution in [3.63, 3.8) is 0 Å². The van der Waals surface area contributed by atoms with Crippen LogP contribution in [0.2, 0.25) is 0 Å². The van der Waals surface area contributed by atoms with E-state index in [1.807, 2.05) is 109 Å². The molecule has 0 spiro atoms. The Kier molecular flexibility index (Phi) is 16.3. The smallest absolute Gasteiger partial charge is 0.408 e. The number of phenols is 1. The van der Waals surface area contributed by atoms with E-state index in [1.54, 1.807) is 24.3 Å². The molecule has 12 nitrogen and oxygen atoms in total. The fourth-order valence-corrected chi connectivity index (χ4v) is 5.68. The van der Waals surface area contributed by atoms with Crippen molar-refractivity contribution in [3.8, 4) is 11.5 Å². The molecule has 5 rings (SSSR count). The molecule has 5 aromatic rings. The SMILES string of the molecule is O=C(NCCCC[C@H](NC(=O)[C@H](Cc1ccc(O)c(OCc2ccccc2)c1)NC(=O)OCc1ccccc1)C(=O)OCc1ccccc1)OCc1ccccc1. The van der Waals surface area contributed by atoms with E-state index in [1.165, 1.54) is 6.07 Å². The van der Waals surface area contributed by atoms with Gasteiger partial charge < -0.3 is 40.0 Å². The first-order chi connectivity index (χ1) is 27.8. The Morgan fingerprint density at radius 2 is 1.04 bits per heavy atom. The van der Waals surface area contributed by atoms with Crippen LogP contribution in [-0.4, -0.2) is 47.8 Å². The number of unbranched alkanes of at least 4 members (excludes halogenated alkanes) is 1. The van der Waals surface area contributed by atoms with Gasteiger partial charge >= 0.3 is 18.2 Å². The number of alkyl carbamates (subject to hydrolysis) is 2. The van der Waals surface area contributed by atoms with Gasteiger partial charge in [-0.05, 0) is 59.2 Å². The number of amides is 3. The van der Waals surface area contributed by atoms with Crippen molar-refractivity contribution in [2.24, 2.45) is 0 Å². The first-order valence-corrected chi connectivity index (χ1v) is 18.7. The molecule has 0 aromatic heterocycles. The van der Waals surface area contributed by atoms with Crippen molar-refractivity contribution in [1.82, 2.24) is 16.0 Å². The minimum atomic E-state index is -1.20. The Bertz CT molecular complexity index is 2000. The van der Waals surface area contributed by atoms with Crippen molar-refractivity contribution in [2.45, 2.75) is 64.2 Å². The van der Waals surface area contributed by atoms with Crippen molar-refractivity contribution >= 4 is 24.1 Å². The van der Waals surface area contributed by atoms with Crippen LogP contribution in [0.4, 0.5) is 9.59 Å². The van der Waals surface area contributed by atoms with Gasteiger partial charge in [-0.2, -0.15) is 0 Å². The molecule has 0 radical (unpaired) electrons. The predicted molar refractivity (Wildman–Crippen MR) is 213 cm³/mol. The molecule has 0 fully saturated rings. The van der Waals surface area contributed by atoms with Crippen LogP contribution in [0.5, 0.6) is 11.5 Å². The zero-order valence-corrected chi connectivity index (χ0v) is 31.5. The van der Waals surface area contributed by atoms with Gasteiger partial charge in [-0.25, -0.2) is 14.4 Å². The zero-order chi connectivity index (χ0) is 40.1. The van der Waals surface area contributed by atoms with Crippen molar-refractivity contribution in [1.29, 1.82) is 0 Å².